The number of carbonyl (C=O) groups is 1. The first-order chi connectivity index (χ1) is 9.65. The number of rotatable bonds is 9. The minimum atomic E-state index is -0.290. The van der Waals surface area contributed by atoms with Gasteiger partial charge in [0, 0.05) is 12.1 Å². The molecular formula is C14H23N3O3. The summed E-state index contributed by atoms with van der Waals surface area (Å²) in [5, 5.41) is 24.5. The number of phenolic OH excluding ortho intramolecular Hbond substituents is 2. The molecule has 0 fully saturated rings. The lowest BCUT2D eigenvalue weighted by molar-refractivity contribution is 0.0952. The number of aromatic hydroxyl groups is 2. The van der Waals surface area contributed by atoms with Gasteiger partial charge in [-0.05, 0) is 57.1 Å². The van der Waals surface area contributed by atoms with Gasteiger partial charge in [-0.2, -0.15) is 0 Å². The first kappa shape index (κ1) is 16.3. The summed E-state index contributed by atoms with van der Waals surface area (Å²) >= 11 is 0. The Hall–Kier alpha value is -1.79. The van der Waals surface area contributed by atoms with E-state index >= 15 is 0 Å². The summed E-state index contributed by atoms with van der Waals surface area (Å²) < 4.78 is 0. The molecule has 0 heterocycles. The van der Waals surface area contributed by atoms with Gasteiger partial charge >= 0.3 is 0 Å². The van der Waals surface area contributed by atoms with Crippen molar-refractivity contribution in [1.82, 2.24) is 10.6 Å². The second kappa shape index (κ2) is 9.17. The van der Waals surface area contributed by atoms with Crippen molar-refractivity contribution in [3.63, 3.8) is 0 Å². The topological polar surface area (TPSA) is 108 Å². The molecule has 0 aliphatic rings. The number of nitrogens with one attached hydrogen (secondary N) is 2. The predicted molar refractivity (Wildman–Crippen MR) is 77.9 cm³/mol. The Kier molecular flexibility index (Phi) is 7.46. The number of hydrogen-bond acceptors (Lipinski definition) is 5. The molecule has 1 aromatic carbocycles. The summed E-state index contributed by atoms with van der Waals surface area (Å²) in [6, 6.07) is 4.02. The Morgan fingerprint density at radius 1 is 1.05 bits per heavy atom. The highest BCUT2D eigenvalue weighted by Crippen LogP contribution is 2.24. The standard InChI is InChI=1S/C14H23N3O3/c15-6-3-8-16-7-1-2-9-17-14(20)11-4-5-12(18)13(19)10-11/h4-5,10,16,18-19H,1-3,6-9,15H2,(H,17,20). The summed E-state index contributed by atoms with van der Waals surface area (Å²) in [6.07, 6.45) is 2.83. The van der Waals surface area contributed by atoms with Crippen LogP contribution < -0.4 is 16.4 Å². The van der Waals surface area contributed by atoms with Gasteiger partial charge in [0.1, 0.15) is 0 Å². The van der Waals surface area contributed by atoms with E-state index in [1.165, 1.54) is 18.2 Å². The van der Waals surface area contributed by atoms with E-state index in [1.54, 1.807) is 0 Å². The molecule has 1 aromatic rings. The number of unbranched alkanes of at least 4 members (excludes halogenated alkanes) is 1. The maximum absolute atomic E-state index is 11.7. The van der Waals surface area contributed by atoms with E-state index in [-0.39, 0.29) is 17.4 Å². The first-order valence-electron chi connectivity index (χ1n) is 6.86. The number of hydrogen-bond donors (Lipinski definition) is 5. The molecule has 0 aliphatic carbocycles. The minimum Gasteiger partial charge on any atom is -0.504 e. The molecule has 0 radical (unpaired) electrons. The maximum atomic E-state index is 11.7. The van der Waals surface area contributed by atoms with E-state index in [4.69, 9.17) is 10.8 Å². The summed E-state index contributed by atoms with van der Waals surface area (Å²) in [5.41, 5.74) is 5.71. The molecule has 0 aliphatic heterocycles. The average Bonchev–Trinajstić information content (AvgIpc) is 2.44. The van der Waals surface area contributed by atoms with Gasteiger partial charge in [0.15, 0.2) is 11.5 Å². The fourth-order valence-electron chi connectivity index (χ4n) is 1.70. The number of phenols is 2. The van der Waals surface area contributed by atoms with Crippen LogP contribution in [0.3, 0.4) is 0 Å². The Balaban J connectivity index is 2.15. The van der Waals surface area contributed by atoms with Crippen molar-refractivity contribution in [3.8, 4) is 11.5 Å². The third kappa shape index (κ3) is 5.90. The molecule has 6 nitrogen and oxygen atoms in total. The van der Waals surface area contributed by atoms with Gasteiger partial charge in [-0.1, -0.05) is 0 Å². The van der Waals surface area contributed by atoms with Gasteiger partial charge in [-0.25, -0.2) is 0 Å². The van der Waals surface area contributed by atoms with Gasteiger partial charge in [0.2, 0.25) is 0 Å². The quantitative estimate of drug-likeness (QED) is 0.335. The number of carbonyl (C=O) groups excluding carboxylic acids is 1. The fraction of sp³-hybridized carbons (Fsp3) is 0.500. The molecule has 1 rings (SSSR count). The van der Waals surface area contributed by atoms with Gasteiger partial charge in [0.05, 0.1) is 0 Å². The van der Waals surface area contributed by atoms with Crippen LogP contribution in [0.5, 0.6) is 11.5 Å². The Labute approximate surface area is 119 Å². The van der Waals surface area contributed by atoms with Crippen molar-refractivity contribution in [2.24, 2.45) is 5.73 Å². The SMILES string of the molecule is NCCCNCCCCNC(=O)c1ccc(O)c(O)c1. The van der Waals surface area contributed by atoms with Crippen molar-refractivity contribution >= 4 is 5.91 Å². The lowest BCUT2D eigenvalue weighted by Gasteiger charge is -2.07. The second-order valence-electron chi connectivity index (χ2n) is 4.56. The molecule has 6 N–H and O–H groups in total. The molecule has 0 saturated carbocycles. The fourth-order valence-corrected chi connectivity index (χ4v) is 1.70. The summed E-state index contributed by atoms with van der Waals surface area (Å²) in [4.78, 5) is 11.7. The van der Waals surface area contributed by atoms with Crippen LogP contribution in [0.25, 0.3) is 0 Å². The number of benzene rings is 1. The summed E-state index contributed by atoms with van der Waals surface area (Å²) in [7, 11) is 0. The van der Waals surface area contributed by atoms with Gasteiger partial charge in [-0.15, -0.1) is 0 Å². The molecule has 0 bridgehead atoms. The van der Waals surface area contributed by atoms with Crippen molar-refractivity contribution < 1.29 is 15.0 Å². The molecule has 6 heteroatoms. The van der Waals surface area contributed by atoms with Gasteiger partial charge in [0.25, 0.3) is 5.91 Å². The van der Waals surface area contributed by atoms with Gasteiger partial charge < -0.3 is 26.6 Å². The van der Waals surface area contributed by atoms with Crippen LogP contribution >= 0.6 is 0 Å². The zero-order chi connectivity index (χ0) is 14.8. The van der Waals surface area contributed by atoms with Crippen LogP contribution in [-0.4, -0.2) is 42.3 Å². The zero-order valence-electron chi connectivity index (χ0n) is 11.6. The van der Waals surface area contributed by atoms with Crippen LogP contribution in [0, 0.1) is 0 Å². The monoisotopic (exact) mass is 281 g/mol. The third-order valence-corrected chi connectivity index (χ3v) is 2.86. The molecule has 0 aromatic heterocycles. The van der Waals surface area contributed by atoms with E-state index in [9.17, 15) is 9.90 Å². The second-order valence-corrected chi connectivity index (χ2v) is 4.56. The van der Waals surface area contributed by atoms with Crippen molar-refractivity contribution in [2.45, 2.75) is 19.3 Å². The number of amides is 1. The van der Waals surface area contributed by atoms with Crippen LogP contribution in [0.1, 0.15) is 29.6 Å². The highest BCUT2D eigenvalue weighted by Gasteiger charge is 2.07. The molecule has 20 heavy (non-hydrogen) atoms. The van der Waals surface area contributed by atoms with E-state index in [0.29, 0.717) is 18.7 Å². The average molecular weight is 281 g/mol. The molecular weight excluding hydrogens is 258 g/mol. The summed E-state index contributed by atoms with van der Waals surface area (Å²) in [5.74, 6) is -0.775. The number of nitrogens with two attached hydrogens (primary N) is 1. The lowest BCUT2D eigenvalue weighted by atomic mass is 10.2. The van der Waals surface area contributed by atoms with E-state index < -0.39 is 0 Å². The molecule has 0 saturated heterocycles. The molecule has 1 amide bonds. The molecule has 0 unspecified atom stereocenters. The normalized spacial score (nSPS) is 10.4. The van der Waals surface area contributed by atoms with Crippen LogP contribution in [-0.2, 0) is 0 Å². The first-order valence-corrected chi connectivity index (χ1v) is 6.86. The van der Waals surface area contributed by atoms with Crippen molar-refractivity contribution in [2.75, 3.05) is 26.2 Å². The Morgan fingerprint density at radius 2 is 1.75 bits per heavy atom. The highest BCUT2D eigenvalue weighted by molar-refractivity contribution is 5.94. The Bertz CT molecular complexity index is 424. The Morgan fingerprint density at radius 3 is 2.45 bits per heavy atom. The van der Waals surface area contributed by atoms with Crippen molar-refractivity contribution in [3.05, 3.63) is 23.8 Å². The summed E-state index contributed by atoms with van der Waals surface area (Å²) in [6.45, 7) is 3.12. The molecule has 0 spiro atoms. The lowest BCUT2D eigenvalue weighted by Crippen LogP contribution is -2.25. The zero-order valence-corrected chi connectivity index (χ0v) is 11.6. The van der Waals surface area contributed by atoms with Crippen LogP contribution in [0.2, 0.25) is 0 Å². The minimum absolute atomic E-state index is 0.231. The van der Waals surface area contributed by atoms with Crippen LogP contribution in [0.15, 0.2) is 18.2 Å². The smallest absolute Gasteiger partial charge is 0.251 e. The predicted octanol–water partition coefficient (Wildman–Crippen LogP) is 0.546. The van der Waals surface area contributed by atoms with E-state index in [2.05, 4.69) is 10.6 Å². The maximum Gasteiger partial charge on any atom is 0.251 e. The van der Waals surface area contributed by atoms with Gasteiger partial charge in [-0.3, -0.25) is 4.79 Å². The van der Waals surface area contributed by atoms with E-state index in [1.807, 2.05) is 0 Å². The van der Waals surface area contributed by atoms with E-state index in [0.717, 1.165) is 32.4 Å². The highest BCUT2D eigenvalue weighted by atomic mass is 16.3. The third-order valence-electron chi connectivity index (χ3n) is 2.86. The largest absolute Gasteiger partial charge is 0.504 e. The van der Waals surface area contributed by atoms with Crippen molar-refractivity contribution in [1.29, 1.82) is 0 Å². The van der Waals surface area contributed by atoms with Crippen LogP contribution in [0.4, 0.5) is 0 Å². The molecule has 0 atom stereocenters. The molecule has 112 valence electrons.